The molecule has 0 radical (unpaired) electrons. The van der Waals surface area contributed by atoms with Crippen LogP contribution in [0.15, 0.2) is 53.0 Å². The van der Waals surface area contributed by atoms with Gasteiger partial charge in [0.15, 0.2) is 0 Å². The quantitative estimate of drug-likeness (QED) is 0.155. The van der Waals surface area contributed by atoms with E-state index < -0.39 is 76.0 Å². The lowest BCUT2D eigenvalue weighted by Crippen LogP contribution is -2.45. The maximum atomic E-state index is 14.7. The van der Waals surface area contributed by atoms with Crippen molar-refractivity contribution in [2.45, 2.75) is 63.2 Å². The zero-order valence-electron chi connectivity index (χ0n) is 21.1. The van der Waals surface area contributed by atoms with Crippen molar-refractivity contribution in [3.63, 3.8) is 0 Å². The van der Waals surface area contributed by atoms with Crippen LogP contribution in [-0.2, 0) is 23.1 Å². The molecule has 2 aromatic heterocycles. The molecule has 1 aromatic carbocycles. The first-order valence-electron chi connectivity index (χ1n) is 11.9. The minimum Gasteiger partial charge on any atom is -0.415 e. The van der Waals surface area contributed by atoms with Gasteiger partial charge < -0.3 is 14.5 Å². The number of ether oxygens (including phenoxy) is 1. The number of anilines is 1. The molecule has 4 bridgehead atoms. The summed E-state index contributed by atoms with van der Waals surface area (Å²) < 4.78 is 96.5. The number of hydrogen-bond donors (Lipinski definition) is 1. The third-order valence-electron chi connectivity index (χ3n) is 6.23. The molecule has 40 heavy (non-hydrogen) atoms. The van der Waals surface area contributed by atoms with Gasteiger partial charge >= 0.3 is 18.0 Å². The number of pyridine rings is 1. The van der Waals surface area contributed by atoms with Crippen LogP contribution in [0.2, 0.25) is 0 Å². The van der Waals surface area contributed by atoms with Gasteiger partial charge in [-0.15, -0.1) is 10.2 Å². The number of hydrogen-bond acceptors (Lipinski definition) is 8. The SMILES string of the molecule is CC1(C)CCC=CCC(OCc2ccccc2)(C(F)(F)F)c2nnc(o2)-c2nc(c(C(F)(F)F)cc2[N+](=O)[O-])N1. The molecule has 9 nitrogen and oxygen atoms in total. The Morgan fingerprint density at radius 1 is 1.10 bits per heavy atom. The summed E-state index contributed by atoms with van der Waals surface area (Å²) in [6.07, 6.45) is -7.94. The molecule has 3 aromatic rings. The first-order valence-corrected chi connectivity index (χ1v) is 11.9. The summed E-state index contributed by atoms with van der Waals surface area (Å²) in [7, 11) is 0. The summed E-state index contributed by atoms with van der Waals surface area (Å²) in [5.74, 6) is -2.74. The second kappa shape index (κ2) is 10.5. The van der Waals surface area contributed by atoms with Crippen molar-refractivity contribution in [1.82, 2.24) is 15.2 Å². The Bertz CT molecular complexity index is 1400. The number of benzene rings is 1. The number of rotatable bonds is 4. The van der Waals surface area contributed by atoms with Crippen LogP contribution in [0.3, 0.4) is 0 Å². The standard InChI is InChI=1S/C25H23F6N5O4/c1-22(2)11-7-4-8-12-23(25(29,30)31,39-14-15-9-5-3-6-10-15)21-35-34-20(40-21)18-17(36(37)38)13-16(24(26,27)28)19(32-18)33-22/h3-6,8-10,13H,7,11-12,14H2,1-2H3,(H,32,33). The molecule has 3 heterocycles. The molecule has 0 amide bonds. The first-order chi connectivity index (χ1) is 18.6. The van der Waals surface area contributed by atoms with Crippen LogP contribution in [0.4, 0.5) is 37.8 Å². The average molecular weight is 571 g/mol. The second-order valence-corrected chi connectivity index (χ2v) is 9.74. The molecule has 15 heteroatoms. The highest BCUT2D eigenvalue weighted by Crippen LogP contribution is 2.47. The van der Waals surface area contributed by atoms with Crippen LogP contribution in [0.25, 0.3) is 11.6 Å². The van der Waals surface area contributed by atoms with Gasteiger partial charge in [-0.05, 0) is 32.3 Å². The van der Waals surface area contributed by atoms with Gasteiger partial charge in [-0.1, -0.05) is 42.5 Å². The van der Waals surface area contributed by atoms with Crippen LogP contribution in [-0.4, -0.2) is 31.8 Å². The van der Waals surface area contributed by atoms with Gasteiger partial charge in [0.1, 0.15) is 11.4 Å². The monoisotopic (exact) mass is 571 g/mol. The average Bonchev–Trinajstić information content (AvgIpc) is 3.34. The van der Waals surface area contributed by atoms with Gasteiger partial charge in [0.25, 0.3) is 11.8 Å². The summed E-state index contributed by atoms with van der Waals surface area (Å²) in [5, 5.41) is 21.4. The molecule has 0 fully saturated rings. The number of nitrogens with one attached hydrogen (secondary N) is 1. The van der Waals surface area contributed by atoms with Crippen molar-refractivity contribution in [1.29, 1.82) is 0 Å². The zero-order valence-corrected chi connectivity index (χ0v) is 21.1. The molecule has 0 spiro atoms. The summed E-state index contributed by atoms with van der Waals surface area (Å²) >= 11 is 0. The van der Waals surface area contributed by atoms with E-state index in [1.165, 1.54) is 12.2 Å². The summed E-state index contributed by atoms with van der Waals surface area (Å²) in [6, 6.07) is 8.23. The number of allylic oxidation sites excluding steroid dienone is 1. The van der Waals surface area contributed by atoms with Crippen molar-refractivity contribution in [2.24, 2.45) is 0 Å². The van der Waals surface area contributed by atoms with Gasteiger partial charge in [0.05, 0.1) is 11.5 Å². The third-order valence-corrected chi connectivity index (χ3v) is 6.23. The van der Waals surface area contributed by atoms with Gasteiger partial charge in [-0.2, -0.15) is 26.3 Å². The molecule has 1 aliphatic heterocycles. The maximum Gasteiger partial charge on any atom is 0.426 e. The Balaban J connectivity index is 1.94. The topological polar surface area (TPSA) is 116 Å². The van der Waals surface area contributed by atoms with Crippen LogP contribution in [0, 0.1) is 10.1 Å². The zero-order chi connectivity index (χ0) is 29.3. The van der Waals surface area contributed by atoms with E-state index in [-0.39, 0.29) is 18.9 Å². The van der Waals surface area contributed by atoms with Crippen molar-refractivity contribution >= 4 is 11.5 Å². The highest BCUT2D eigenvalue weighted by molar-refractivity contribution is 5.68. The molecular formula is C25H23F6N5O4. The van der Waals surface area contributed by atoms with Gasteiger partial charge in [-0.25, -0.2) is 4.98 Å². The van der Waals surface area contributed by atoms with Crippen LogP contribution < -0.4 is 5.32 Å². The van der Waals surface area contributed by atoms with Gasteiger partial charge in [0, 0.05) is 18.0 Å². The van der Waals surface area contributed by atoms with E-state index in [1.807, 2.05) is 0 Å². The lowest BCUT2D eigenvalue weighted by atomic mass is 9.95. The predicted octanol–water partition coefficient (Wildman–Crippen LogP) is 6.96. The smallest absolute Gasteiger partial charge is 0.415 e. The van der Waals surface area contributed by atoms with E-state index in [9.17, 15) is 36.5 Å². The molecule has 1 N–H and O–H groups in total. The molecule has 0 saturated heterocycles. The molecule has 1 unspecified atom stereocenters. The highest BCUT2D eigenvalue weighted by Gasteiger charge is 2.61. The fourth-order valence-corrected chi connectivity index (χ4v) is 4.09. The Kier molecular flexibility index (Phi) is 7.62. The molecule has 1 aliphatic rings. The number of alkyl halides is 6. The molecule has 214 valence electrons. The molecule has 4 rings (SSSR count). The van der Waals surface area contributed by atoms with Gasteiger partial charge in [0.2, 0.25) is 11.3 Å². The van der Waals surface area contributed by atoms with Crippen LogP contribution in [0.5, 0.6) is 0 Å². The lowest BCUT2D eigenvalue weighted by molar-refractivity contribution is -0.384. The van der Waals surface area contributed by atoms with Crippen molar-refractivity contribution in [3.05, 3.63) is 75.7 Å². The van der Waals surface area contributed by atoms with Crippen molar-refractivity contribution in [3.8, 4) is 11.6 Å². The van der Waals surface area contributed by atoms with E-state index >= 15 is 0 Å². The Morgan fingerprint density at radius 3 is 2.42 bits per heavy atom. The van der Waals surface area contributed by atoms with Crippen LogP contribution in [0.1, 0.15) is 50.1 Å². The molecule has 0 saturated carbocycles. The molecular weight excluding hydrogens is 548 g/mol. The largest absolute Gasteiger partial charge is 0.426 e. The minimum atomic E-state index is -5.11. The van der Waals surface area contributed by atoms with E-state index in [2.05, 4.69) is 20.5 Å². The predicted molar refractivity (Wildman–Crippen MR) is 129 cm³/mol. The minimum absolute atomic E-state index is 0.170. The maximum absolute atomic E-state index is 14.7. The number of nitro groups is 1. The number of halogens is 6. The number of nitrogens with zero attached hydrogens (tertiary/aromatic N) is 4. The highest BCUT2D eigenvalue weighted by atomic mass is 19.4. The summed E-state index contributed by atoms with van der Waals surface area (Å²) in [4.78, 5) is 14.4. The fraction of sp³-hybridized carbons (Fsp3) is 0.400. The normalized spacial score (nSPS) is 19.5. The summed E-state index contributed by atoms with van der Waals surface area (Å²) in [5.41, 5.74) is -7.27. The fourth-order valence-electron chi connectivity index (χ4n) is 4.09. The Morgan fingerprint density at radius 2 is 1.80 bits per heavy atom. The second-order valence-electron chi connectivity index (χ2n) is 9.74. The first kappa shape index (κ1) is 29.0. The van der Waals surface area contributed by atoms with E-state index in [0.29, 0.717) is 5.56 Å². The van der Waals surface area contributed by atoms with Crippen LogP contribution >= 0.6 is 0 Å². The Labute approximate surface area is 223 Å². The molecule has 1 atom stereocenters. The third kappa shape index (κ3) is 5.93. The van der Waals surface area contributed by atoms with E-state index in [1.54, 1.807) is 44.2 Å². The lowest BCUT2D eigenvalue weighted by Gasteiger charge is -2.32. The van der Waals surface area contributed by atoms with Gasteiger partial charge in [-0.3, -0.25) is 10.1 Å². The van der Waals surface area contributed by atoms with Crippen molar-refractivity contribution < 1.29 is 40.4 Å². The molecule has 0 aliphatic carbocycles. The van der Waals surface area contributed by atoms with E-state index in [4.69, 9.17) is 9.15 Å². The van der Waals surface area contributed by atoms with E-state index in [0.717, 1.165) is 0 Å². The number of fused-ring (bicyclic) bond motifs is 5. The number of aromatic nitrogens is 3. The summed E-state index contributed by atoms with van der Waals surface area (Å²) in [6.45, 7) is 2.61. The Hall–Kier alpha value is -4.01. The van der Waals surface area contributed by atoms with Crippen molar-refractivity contribution in [2.75, 3.05) is 5.32 Å².